The number of rotatable bonds is 4. The summed E-state index contributed by atoms with van der Waals surface area (Å²) in [4.78, 5) is 34.7. The first-order chi connectivity index (χ1) is 9.08. The molecule has 0 fully saturated rings. The van der Waals surface area contributed by atoms with Crippen LogP contribution in [0, 0.1) is 0 Å². The molecule has 0 saturated heterocycles. The number of anilines is 1. The van der Waals surface area contributed by atoms with E-state index in [1.54, 1.807) is 6.92 Å². The molecule has 100 valence electrons. The van der Waals surface area contributed by atoms with Crippen LogP contribution in [0.3, 0.4) is 0 Å². The fourth-order valence-corrected chi connectivity index (χ4v) is 1.71. The van der Waals surface area contributed by atoms with Gasteiger partial charge in [-0.2, -0.15) is 4.98 Å². The number of fused-ring (bicyclic) bond motifs is 1. The van der Waals surface area contributed by atoms with Gasteiger partial charge in [-0.1, -0.05) is 0 Å². The normalized spacial score (nSPS) is 10.6. The van der Waals surface area contributed by atoms with Gasteiger partial charge in [0.05, 0.1) is 12.2 Å². The molecule has 0 bridgehead atoms. The number of aromatic nitrogens is 4. The monoisotopic (exact) mass is 262 g/mol. The van der Waals surface area contributed by atoms with E-state index in [0.717, 1.165) is 0 Å². The zero-order chi connectivity index (χ0) is 14.0. The molecule has 0 saturated carbocycles. The number of aromatic carboxylic acids is 1. The van der Waals surface area contributed by atoms with Crippen LogP contribution in [0.1, 0.15) is 24.3 Å². The fraction of sp³-hybridized carbons (Fsp3) is 0.364. The van der Waals surface area contributed by atoms with Gasteiger partial charge in [-0.05, 0) is 13.8 Å². The molecule has 0 radical (unpaired) electrons. The van der Waals surface area contributed by atoms with Crippen molar-refractivity contribution in [1.82, 2.24) is 19.5 Å². The Bertz CT molecular complexity index is 695. The number of nitrogens with zero attached hydrogens (tertiary/aromatic N) is 4. The van der Waals surface area contributed by atoms with Crippen molar-refractivity contribution in [2.75, 3.05) is 11.9 Å². The molecule has 0 aromatic carbocycles. The highest BCUT2D eigenvalue weighted by molar-refractivity contribution is 5.85. The van der Waals surface area contributed by atoms with Gasteiger partial charge < -0.3 is 15.2 Å². The van der Waals surface area contributed by atoms with Crippen LogP contribution in [0.5, 0.6) is 0 Å². The first kappa shape index (κ1) is 12.9. The quantitative estimate of drug-likeness (QED) is 0.751. The molecule has 2 heterocycles. The van der Waals surface area contributed by atoms with E-state index in [9.17, 15) is 14.7 Å². The second kappa shape index (κ2) is 5.01. The lowest BCUT2D eigenvalue weighted by molar-refractivity contribution is -0.255. The zero-order valence-corrected chi connectivity index (χ0v) is 10.5. The summed E-state index contributed by atoms with van der Waals surface area (Å²) < 4.78 is 1.23. The van der Waals surface area contributed by atoms with Crippen LogP contribution in [0.2, 0.25) is 0 Å². The smallest absolute Gasteiger partial charge is 0.279 e. The van der Waals surface area contributed by atoms with Crippen LogP contribution in [0.4, 0.5) is 5.95 Å². The van der Waals surface area contributed by atoms with Gasteiger partial charge in [-0.25, -0.2) is 9.97 Å². The number of aryl methyl sites for hydroxylation is 1. The van der Waals surface area contributed by atoms with E-state index < -0.39 is 17.2 Å². The first-order valence-corrected chi connectivity index (χ1v) is 5.81. The highest BCUT2D eigenvalue weighted by Crippen LogP contribution is 2.09. The molecule has 0 aliphatic heterocycles. The molecule has 0 atom stereocenters. The molecule has 2 rings (SSSR count). The van der Waals surface area contributed by atoms with Crippen LogP contribution in [-0.2, 0) is 6.54 Å². The molecule has 1 N–H and O–H groups in total. The maximum atomic E-state index is 11.9. The molecule has 0 amide bonds. The van der Waals surface area contributed by atoms with Crippen LogP contribution in [-0.4, -0.2) is 32.0 Å². The van der Waals surface area contributed by atoms with Gasteiger partial charge in [0.1, 0.15) is 5.52 Å². The van der Waals surface area contributed by atoms with Gasteiger partial charge in [-0.15, -0.1) is 0 Å². The SMILES string of the molecule is CCNc1ncc2nc(C(=O)[O-])c(=O)n(CC)c2n1. The molecule has 2 aromatic rings. The Labute approximate surface area is 108 Å². The van der Waals surface area contributed by atoms with Gasteiger partial charge in [-0.3, -0.25) is 9.36 Å². The molecule has 0 unspecified atom stereocenters. The third-order valence-electron chi connectivity index (χ3n) is 2.53. The first-order valence-electron chi connectivity index (χ1n) is 5.81. The Hall–Kier alpha value is -2.51. The summed E-state index contributed by atoms with van der Waals surface area (Å²) in [7, 11) is 0. The van der Waals surface area contributed by atoms with Crippen molar-refractivity contribution >= 4 is 23.1 Å². The Morgan fingerprint density at radius 2 is 2.16 bits per heavy atom. The minimum Gasteiger partial charge on any atom is -0.543 e. The summed E-state index contributed by atoms with van der Waals surface area (Å²) in [5.74, 6) is -1.25. The van der Waals surface area contributed by atoms with Gasteiger partial charge in [0.25, 0.3) is 5.56 Å². The average Bonchev–Trinajstić information content (AvgIpc) is 2.38. The van der Waals surface area contributed by atoms with E-state index in [-0.39, 0.29) is 12.1 Å². The third kappa shape index (κ3) is 2.24. The second-order valence-corrected chi connectivity index (χ2v) is 3.73. The summed E-state index contributed by atoms with van der Waals surface area (Å²) in [6.07, 6.45) is 1.37. The molecular weight excluding hydrogens is 250 g/mol. The summed E-state index contributed by atoms with van der Waals surface area (Å²) in [6, 6.07) is 0. The predicted octanol–water partition coefficient (Wildman–Crippen LogP) is -0.998. The predicted molar refractivity (Wildman–Crippen MR) is 65.8 cm³/mol. The Morgan fingerprint density at radius 1 is 1.42 bits per heavy atom. The Kier molecular flexibility index (Phi) is 3.41. The van der Waals surface area contributed by atoms with Gasteiger partial charge in [0, 0.05) is 13.1 Å². The number of carbonyl (C=O) groups excluding carboxylic acids is 1. The van der Waals surface area contributed by atoms with Crippen molar-refractivity contribution in [2.24, 2.45) is 0 Å². The number of carbonyl (C=O) groups is 1. The number of carboxylic acid groups (broad SMARTS) is 1. The van der Waals surface area contributed by atoms with E-state index >= 15 is 0 Å². The van der Waals surface area contributed by atoms with Gasteiger partial charge in [0.2, 0.25) is 5.95 Å². The number of hydrogen-bond donors (Lipinski definition) is 1. The molecular formula is C11H12N5O3-. The van der Waals surface area contributed by atoms with Gasteiger partial charge >= 0.3 is 0 Å². The minimum absolute atomic E-state index is 0.238. The Morgan fingerprint density at radius 3 is 2.74 bits per heavy atom. The van der Waals surface area contributed by atoms with Crippen molar-refractivity contribution in [3.63, 3.8) is 0 Å². The van der Waals surface area contributed by atoms with Crippen molar-refractivity contribution in [2.45, 2.75) is 20.4 Å². The average molecular weight is 262 g/mol. The summed E-state index contributed by atoms with van der Waals surface area (Å²) in [5, 5.41) is 13.8. The summed E-state index contributed by atoms with van der Waals surface area (Å²) in [5.41, 5.74) is -0.823. The lowest BCUT2D eigenvalue weighted by Crippen LogP contribution is -2.35. The molecule has 0 spiro atoms. The van der Waals surface area contributed by atoms with Crippen molar-refractivity contribution < 1.29 is 9.90 Å². The minimum atomic E-state index is -1.61. The third-order valence-corrected chi connectivity index (χ3v) is 2.53. The molecule has 0 aliphatic carbocycles. The van der Waals surface area contributed by atoms with Gasteiger partial charge in [0.15, 0.2) is 11.3 Å². The molecule has 8 heteroatoms. The lowest BCUT2D eigenvalue weighted by atomic mass is 10.4. The number of hydrogen-bond acceptors (Lipinski definition) is 7. The topological polar surface area (TPSA) is 113 Å². The maximum Gasteiger partial charge on any atom is 0.279 e. The van der Waals surface area contributed by atoms with E-state index in [4.69, 9.17) is 0 Å². The van der Waals surface area contributed by atoms with Crippen LogP contribution in [0.25, 0.3) is 11.2 Å². The van der Waals surface area contributed by atoms with Crippen LogP contribution < -0.4 is 16.0 Å². The lowest BCUT2D eigenvalue weighted by Gasteiger charge is -2.10. The van der Waals surface area contributed by atoms with E-state index in [1.807, 2.05) is 6.92 Å². The molecule has 8 nitrogen and oxygen atoms in total. The van der Waals surface area contributed by atoms with Crippen molar-refractivity contribution in [3.05, 3.63) is 22.2 Å². The van der Waals surface area contributed by atoms with Crippen LogP contribution >= 0.6 is 0 Å². The van der Waals surface area contributed by atoms with Crippen molar-refractivity contribution in [1.29, 1.82) is 0 Å². The van der Waals surface area contributed by atoms with E-state index in [0.29, 0.717) is 18.1 Å². The largest absolute Gasteiger partial charge is 0.543 e. The highest BCUT2D eigenvalue weighted by Gasteiger charge is 2.12. The van der Waals surface area contributed by atoms with E-state index in [1.165, 1.54) is 10.8 Å². The van der Waals surface area contributed by atoms with E-state index in [2.05, 4.69) is 20.3 Å². The fourth-order valence-electron chi connectivity index (χ4n) is 1.71. The maximum absolute atomic E-state index is 11.9. The number of nitrogens with one attached hydrogen (secondary N) is 1. The van der Waals surface area contributed by atoms with Crippen molar-refractivity contribution in [3.8, 4) is 0 Å². The molecule has 19 heavy (non-hydrogen) atoms. The van der Waals surface area contributed by atoms with Crippen LogP contribution in [0.15, 0.2) is 11.0 Å². The summed E-state index contributed by atoms with van der Waals surface area (Å²) in [6.45, 7) is 4.51. The highest BCUT2D eigenvalue weighted by atomic mass is 16.4. The standard InChI is InChI=1S/C11H13N5O3/c1-3-12-11-13-5-6-8(15-11)16(4-2)9(17)7(14-6)10(18)19/h5H,3-4H2,1-2H3,(H,18,19)(H,12,13,15)/p-1. The Balaban J connectivity index is 2.78. The zero-order valence-electron chi connectivity index (χ0n) is 10.5. The number of carboxylic acids is 1. The molecule has 2 aromatic heterocycles. The summed E-state index contributed by atoms with van der Waals surface area (Å²) >= 11 is 0. The second-order valence-electron chi connectivity index (χ2n) is 3.73. The molecule has 0 aliphatic rings.